The molecule has 0 bridgehead atoms. The summed E-state index contributed by atoms with van der Waals surface area (Å²) >= 11 is 0. The molecule has 0 spiro atoms. The van der Waals surface area contributed by atoms with E-state index in [-0.39, 0.29) is 6.03 Å². The van der Waals surface area contributed by atoms with Gasteiger partial charge >= 0.3 is 6.03 Å². The number of urea groups is 1. The van der Waals surface area contributed by atoms with E-state index in [1.165, 1.54) is 0 Å². The van der Waals surface area contributed by atoms with E-state index in [4.69, 9.17) is 4.74 Å². The molecule has 0 aromatic carbocycles. The predicted molar refractivity (Wildman–Crippen MR) is 53.6 cm³/mol. The van der Waals surface area contributed by atoms with Crippen LogP contribution in [0, 0.1) is 6.92 Å². The molecule has 1 heterocycles. The van der Waals surface area contributed by atoms with Crippen molar-refractivity contribution in [3.05, 3.63) is 18.0 Å². The Hall–Kier alpha value is -1.78. The fourth-order valence-corrected chi connectivity index (χ4v) is 1.04. The summed E-state index contributed by atoms with van der Waals surface area (Å²) in [5.74, 6) is 0.598. The highest BCUT2D eigenvalue weighted by Crippen LogP contribution is 2.25. The molecule has 0 aliphatic heterocycles. The SMILES string of the molecule is CNC(=O)Nc1c(OC)ccnc1C. The standard InChI is InChI=1S/C9H13N3O2/c1-6-8(12-9(13)10-2)7(14-3)4-5-11-6/h4-5H,1-3H3,(H2,10,12,13). The van der Waals surface area contributed by atoms with Crippen molar-refractivity contribution in [3.63, 3.8) is 0 Å². The highest BCUT2D eigenvalue weighted by Gasteiger charge is 2.09. The summed E-state index contributed by atoms with van der Waals surface area (Å²) in [7, 11) is 3.09. The van der Waals surface area contributed by atoms with Crippen molar-refractivity contribution < 1.29 is 9.53 Å². The molecule has 2 amide bonds. The molecule has 0 radical (unpaired) electrons. The van der Waals surface area contributed by atoms with Gasteiger partial charge in [0, 0.05) is 19.3 Å². The molecule has 0 aliphatic rings. The number of hydrogen-bond acceptors (Lipinski definition) is 3. The van der Waals surface area contributed by atoms with Gasteiger partial charge in [-0.3, -0.25) is 4.98 Å². The van der Waals surface area contributed by atoms with Crippen LogP contribution in [0.3, 0.4) is 0 Å². The van der Waals surface area contributed by atoms with Gasteiger partial charge in [0.05, 0.1) is 12.8 Å². The maximum Gasteiger partial charge on any atom is 0.319 e. The summed E-state index contributed by atoms with van der Waals surface area (Å²) < 4.78 is 5.09. The molecule has 0 atom stereocenters. The summed E-state index contributed by atoms with van der Waals surface area (Å²) in [6.07, 6.45) is 1.63. The van der Waals surface area contributed by atoms with Crippen LogP contribution in [0.15, 0.2) is 12.3 Å². The van der Waals surface area contributed by atoms with E-state index in [9.17, 15) is 4.79 Å². The Morgan fingerprint density at radius 2 is 2.29 bits per heavy atom. The molecule has 5 nitrogen and oxygen atoms in total. The molecule has 5 heteroatoms. The maximum atomic E-state index is 11.1. The first-order valence-corrected chi connectivity index (χ1v) is 4.17. The van der Waals surface area contributed by atoms with E-state index in [1.807, 2.05) is 0 Å². The van der Waals surface area contributed by atoms with Crippen LogP contribution in [-0.4, -0.2) is 25.2 Å². The van der Waals surface area contributed by atoms with Gasteiger partial charge < -0.3 is 15.4 Å². The van der Waals surface area contributed by atoms with Crippen molar-refractivity contribution in [2.45, 2.75) is 6.92 Å². The summed E-state index contributed by atoms with van der Waals surface area (Å²) in [5.41, 5.74) is 1.31. The molecular weight excluding hydrogens is 182 g/mol. The molecule has 1 aromatic rings. The van der Waals surface area contributed by atoms with Gasteiger partial charge in [0.2, 0.25) is 0 Å². The van der Waals surface area contributed by atoms with E-state index < -0.39 is 0 Å². The molecule has 0 saturated carbocycles. The Bertz CT molecular complexity index is 339. The van der Waals surface area contributed by atoms with Gasteiger partial charge in [-0.25, -0.2) is 4.79 Å². The highest BCUT2D eigenvalue weighted by atomic mass is 16.5. The normalized spacial score (nSPS) is 9.36. The minimum atomic E-state index is -0.292. The number of nitrogens with one attached hydrogen (secondary N) is 2. The molecule has 0 aliphatic carbocycles. The number of ether oxygens (including phenoxy) is 1. The minimum absolute atomic E-state index is 0.292. The van der Waals surface area contributed by atoms with Crippen LogP contribution in [0.4, 0.5) is 10.5 Å². The number of methoxy groups -OCH3 is 1. The van der Waals surface area contributed by atoms with E-state index in [0.717, 1.165) is 0 Å². The first-order valence-electron chi connectivity index (χ1n) is 4.17. The number of aromatic nitrogens is 1. The maximum absolute atomic E-state index is 11.1. The lowest BCUT2D eigenvalue weighted by Crippen LogP contribution is -2.25. The lowest BCUT2D eigenvalue weighted by molar-refractivity contribution is 0.254. The number of rotatable bonds is 2. The number of nitrogens with zero attached hydrogens (tertiary/aromatic N) is 1. The summed E-state index contributed by atoms with van der Waals surface area (Å²) in [5, 5.41) is 5.10. The van der Waals surface area contributed by atoms with Crippen LogP contribution in [0.25, 0.3) is 0 Å². The first-order chi connectivity index (χ1) is 6.69. The van der Waals surface area contributed by atoms with Crippen LogP contribution in [0.2, 0.25) is 0 Å². The van der Waals surface area contributed by atoms with Crippen molar-refractivity contribution in [2.24, 2.45) is 0 Å². The largest absolute Gasteiger partial charge is 0.494 e. The number of pyridine rings is 1. The van der Waals surface area contributed by atoms with Gasteiger partial charge in [-0.15, -0.1) is 0 Å². The van der Waals surface area contributed by atoms with E-state index >= 15 is 0 Å². The Labute approximate surface area is 82.5 Å². The van der Waals surface area contributed by atoms with Crippen LogP contribution in [0.5, 0.6) is 5.75 Å². The number of aryl methyl sites for hydroxylation is 1. The van der Waals surface area contributed by atoms with Crippen LogP contribution >= 0.6 is 0 Å². The molecule has 76 valence electrons. The molecule has 2 N–H and O–H groups in total. The smallest absolute Gasteiger partial charge is 0.319 e. The minimum Gasteiger partial charge on any atom is -0.494 e. The fourth-order valence-electron chi connectivity index (χ4n) is 1.04. The number of hydrogen-bond donors (Lipinski definition) is 2. The van der Waals surface area contributed by atoms with Crippen molar-refractivity contribution in [3.8, 4) is 5.75 Å². The topological polar surface area (TPSA) is 63.2 Å². The second kappa shape index (κ2) is 4.45. The van der Waals surface area contributed by atoms with E-state index in [0.29, 0.717) is 17.1 Å². The fraction of sp³-hybridized carbons (Fsp3) is 0.333. The summed E-state index contributed by atoms with van der Waals surface area (Å²) in [6.45, 7) is 1.80. The van der Waals surface area contributed by atoms with Crippen molar-refractivity contribution in [1.82, 2.24) is 10.3 Å². The summed E-state index contributed by atoms with van der Waals surface area (Å²) in [6, 6.07) is 1.40. The van der Waals surface area contributed by atoms with Gasteiger partial charge in [-0.05, 0) is 6.92 Å². The Balaban J connectivity index is 2.98. The first kappa shape index (κ1) is 10.3. The van der Waals surface area contributed by atoms with Gasteiger partial charge in [-0.2, -0.15) is 0 Å². The molecule has 14 heavy (non-hydrogen) atoms. The monoisotopic (exact) mass is 195 g/mol. The average Bonchev–Trinajstić information content (AvgIpc) is 2.20. The quantitative estimate of drug-likeness (QED) is 0.744. The van der Waals surface area contributed by atoms with Gasteiger partial charge in [-0.1, -0.05) is 0 Å². The predicted octanol–water partition coefficient (Wildman–Crippen LogP) is 1.15. The molecule has 1 aromatic heterocycles. The summed E-state index contributed by atoms with van der Waals surface area (Å²) in [4.78, 5) is 15.1. The van der Waals surface area contributed by atoms with Crippen LogP contribution in [-0.2, 0) is 0 Å². The third-order valence-corrected chi connectivity index (χ3v) is 1.79. The molecule has 0 saturated heterocycles. The number of carbonyl (C=O) groups is 1. The Kier molecular flexibility index (Phi) is 3.28. The Morgan fingerprint density at radius 3 is 2.86 bits per heavy atom. The number of carbonyl (C=O) groups excluding carboxylic acids is 1. The van der Waals surface area contributed by atoms with Gasteiger partial charge in [0.25, 0.3) is 0 Å². The number of amides is 2. The second-order valence-corrected chi connectivity index (χ2v) is 2.68. The number of anilines is 1. The van der Waals surface area contributed by atoms with Gasteiger partial charge in [0.15, 0.2) is 0 Å². The van der Waals surface area contributed by atoms with Crippen LogP contribution < -0.4 is 15.4 Å². The van der Waals surface area contributed by atoms with E-state index in [2.05, 4.69) is 15.6 Å². The van der Waals surface area contributed by atoms with Crippen molar-refractivity contribution >= 4 is 11.7 Å². The third kappa shape index (κ3) is 2.12. The molecule has 1 rings (SSSR count). The molecule has 0 fully saturated rings. The average molecular weight is 195 g/mol. The van der Waals surface area contributed by atoms with Gasteiger partial charge in [0.1, 0.15) is 11.4 Å². The lowest BCUT2D eigenvalue weighted by Gasteiger charge is -2.11. The zero-order valence-corrected chi connectivity index (χ0v) is 8.42. The van der Waals surface area contributed by atoms with Crippen LogP contribution in [0.1, 0.15) is 5.69 Å². The molecular formula is C9H13N3O2. The lowest BCUT2D eigenvalue weighted by atomic mass is 10.3. The second-order valence-electron chi connectivity index (χ2n) is 2.68. The Morgan fingerprint density at radius 1 is 1.57 bits per heavy atom. The zero-order chi connectivity index (χ0) is 10.6. The highest BCUT2D eigenvalue weighted by molar-refractivity contribution is 5.91. The third-order valence-electron chi connectivity index (χ3n) is 1.79. The zero-order valence-electron chi connectivity index (χ0n) is 8.42. The van der Waals surface area contributed by atoms with Crippen molar-refractivity contribution in [2.75, 3.05) is 19.5 Å². The molecule has 0 unspecified atom stereocenters. The van der Waals surface area contributed by atoms with E-state index in [1.54, 1.807) is 33.3 Å². The van der Waals surface area contributed by atoms with Crippen molar-refractivity contribution in [1.29, 1.82) is 0 Å².